The molecular formula is C6H5NO5S. The van der Waals surface area contributed by atoms with Crippen LogP contribution in [0.2, 0.25) is 0 Å². The van der Waals surface area contributed by atoms with Crippen molar-refractivity contribution in [3.63, 3.8) is 0 Å². The first-order chi connectivity index (χ1) is 5.93. The summed E-state index contributed by atoms with van der Waals surface area (Å²) in [5.41, 5.74) is -0.551. The number of carboxylic acids is 1. The molecule has 7 heteroatoms. The van der Waals surface area contributed by atoms with Gasteiger partial charge in [0, 0.05) is 6.20 Å². The maximum Gasteiger partial charge on any atom is 0.338 e. The fourth-order valence-electron chi connectivity index (χ4n) is 0.759. The first-order valence-electron chi connectivity index (χ1n) is 3.08. The molecule has 0 fully saturated rings. The largest absolute Gasteiger partial charge is 0.478 e. The van der Waals surface area contributed by atoms with E-state index in [0.717, 1.165) is 12.3 Å². The highest BCUT2D eigenvalue weighted by atomic mass is 32.2. The second-order valence-electron chi connectivity index (χ2n) is 2.14. The lowest BCUT2D eigenvalue weighted by Gasteiger charge is -1.99. The topological polar surface area (TPSA) is 105 Å². The van der Waals surface area contributed by atoms with Gasteiger partial charge < -0.3 is 5.11 Å². The van der Waals surface area contributed by atoms with Crippen molar-refractivity contribution in [3.8, 4) is 0 Å². The Morgan fingerprint density at radius 3 is 2.46 bits per heavy atom. The van der Waals surface area contributed by atoms with E-state index in [0.29, 0.717) is 0 Å². The van der Waals surface area contributed by atoms with Crippen molar-refractivity contribution in [3.05, 3.63) is 23.9 Å². The Morgan fingerprint density at radius 2 is 2.08 bits per heavy atom. The molecule has 2 N–H and O–H groups in total. The van der Waals surface area contributed by atoms with Crippen molar-refractivity contribution in [2.45, 2.75) is 5.03 Å². The molecule has 0 aromatic carbocycles. The number of hydrogen-bond donors (Lipinski definition) is 2. The van der Waals surface area contributed by atoms with Crippen LogP contribution in [0.1, 0.15) is 10.4 Å². The van der Waals surface area contributed by atoms with E-state index in [1.807, 2.05) is 0 Å². The minimum atomic E-state index is -4.57. The zero-order valence-electron chi connectivity index (χ0n) is 6.21. The number of aromatic nitrogens is 1. The van der Waals surface area contributed by atoms with Crippen LogP contribution in [0.5, 0.6) is 0 Å². The number of aromatic carboxylic acids is 1. The molecule has 0 spiro atoms. The number of pyridine rings is 1. The van der Waals surface area contributed by atoms with Gasteiger partial charge in [0.1, 0.15) is 0 Å². The molecule has 13 heavy (non-hydrogen) atoms. The molecule has 1 aromatic heterocycles. The van der Waals surface area contributed by atoms with Crippen LogP contribution < -0.4 is 0 Å². The number of carboxylic acid groups (broad SMARTS) is 1. The highest BCUT2D eigenvalue weighted by Gasteiger charge is 2.20. The van der Waals surface area contributed by atoms with Crippen LogP contribution >= 0.6 is 0 Å². The third-order valence-corrected chi connectivity index (χ3v) is 2.06. The van der Waals surface area contributed by atoms with Gasteiger partial charge in [0.25, 0.3) is 0 Å². The third kappa shape index (κ3) is 2.01. The Kier molecular flexibility index (Phi) is 2.30. The Morgan fingerprint density at radius 1 is 1.46 bits per heavy atom. The van der Waals surface area contributed by atoms with Crippen LogP contribution in [0.15, 0.2) is 23.4 Å². The molecule has 0 radical (unpaired) electrons. The number of nitrogens with zero attached hydrogens (tertiary/aromatic N) is 1. The fourth-order valence-corrected chi connectivity index (χ4v) is 1.39. The third-order valence-electron chi connectivity index (χ3n) is 1.25. The van der Waals surface area contributed by atoms with Gasteiger partial charge >= 0.3 is 16.1 Å². The Balaban J connectivity index is 3.46. The van der Waals surface area contributed by atoms with E-state index in [2.05, 4.69) is 4.98 Å². The zero-order chi connectivity index (χ0) is 10.1. The summed E-state index contributed by atoms with van der Waals surface area (Å²) in [6, 6.07) is 2.30. The first-order valence-corrected chi connectivity index (χ1v) is 4.52. The number of rotatable bonds is 2. The lowest BCUT2D eigenvalue weighted by Crippen LogP contribution is -2.09. The summed E-state index contributed by atoms with van der Waals surface area (Å²) >= 11 is 0. The van der Waals surface area contributed by atoms with Gasteiger partial charge in [0.2, 0.25) is 0 Å². The van der Waals surface area contributed by atoms with Crippen molar-refractivity contribution in [2.75, 3.05) is 0 Å². The van der Waals surface area contributed by atoms with E-state index in [4.69, 9.17) is 9.66 Å². The quantitative estimate of drug-likeness (QED) is 0.657. The maximum absolute atomic E-state index is 10.6. The zero-order valence-corrected chi connectivity index (χ0v) is 7.02. The molecule has 0 saturated heterocycles. The van der Waals surface area contributed by atoms with Gasteiger partial charge in [-0.2, -0.15) is 8.42 Å². The second-order valence-corrected chi connectivity index (χ2v) is 3.47. The second kappa shape index (κ2) is 3.11. The smallest absolute Gasteiger partial charge is 0.338 e. The van der Waals surface area contributed by atoms with Crippen LogP contribution in [0.3, 0.4) is 0 Å². The van der Waals surface area contributed by atoms with Crippen molar-refractivity contribution in [1.82, 2.24) is 4.98 Å². The molecule has 0 atom stereocenters. The van der Waals surface area contributed by atoms with E-state index in [1.165, 1.54) is 6.07 Å². The van der Waals surface area contributed by atoms with Crippen LogP contribution in [-0.4, -0.2) is 29.0 Å². The van der Waals surface area contributed by atoms with Gasteiger partial charge in [0.15, 0.2) is 5.03 Å². The van der Waals surface area contributed by atoms with Gasteiger partial charge in [-0.25, -0.2) is 9.78 Å². The van der Waals surface area contributed by atoms with E-state index < -0.39 is 26.7 Å². The highest BCUT2D eigenvalue weighted by Crippen LogP contribution is 2.10. The predicted molar refractivity (Wildman–Crippen MR) is 41.0 cm³/mol. The van der Waals surface area contributed by atoms with Crippen LogP contribution in [0.25, 0.3) is 0 Å². The van der Waals surface area contributed by atoms with Crippen molar-refractivity contribution in [2.24, 2.45) is 0 Å². The van der Waals surface area contributed by atoms with Crippen molar-refractivity contribution < 1.29 is 22.9 Å². The molecule has 0 unspecified atom stereocenters. The van der Waals surface area contributed by atoms with E-state index in [1.54, 1.807) is 0 Å². The molecule has 0 aliphatic heterocycles. The highest BCUT2D eigenvalue weighted by molar-refractivity contribution is 7.85. The summed E-state index contributed by atoms with van der Waals surface area (Å²) in [5.74, 6) is -1.46. The summed E-state index contributed by atoms with van der Waals surface area (Å²) in [6.45, 7) is 0. The van der Waals surface area contributed by atoms with E-state index in [9.17, 15) is 13.2 Å². The van der Waals surface area contributed by atoms with Crippen LogP contribution in [-0.2, 0) is 10.1 Å². The standard InChI is InChI=1S/C6H5NO5S/c8-6(9)4-2-1-3-7-5(4)13(10,11)12/h1-3H,(H,8,9)(H,10,11,12). The van der Waals surface area contributed by atoms with E-state index >= 15 is 0 Å². The van der Waals surface area contributed by atoms with Gasteiger partial charge in [-0.05, 0) is 12.1 Å². The number of carbonyl (C=O) groups is 1. The Bertz CT molecular complexity index is 438. The molecule has 0 aliphatic rings. The summed E-state index contributed by atoms with van der Waals surface area (Å²) in [5, 5.41) is 7.67. The summed E-state index contributed by atoms with van der Waals surface area (Å²) in [7, 11) is -4.57. The summed E-state index contributed by atoms with van der Waals surface area (Å²) < 4.78 is 29.7. The molecule has 6 nitrogen and oxygen atoms in total. The average Bonchev–Trinajstić information content (AvgIpc) is 2.03. The monoisotopic (exact) mass is 203 g/mol. The fraction of sp³-hybridized carbons (Fsp3) is 0. The maximum atomic E-state index is 10.6. The Labute approximate surface area is 73.6 Å². The SMILES string of the molecule is O=C(O)c1cccnc1S(=O)(=O)O. The van der Waals surface area contributed by atoms with Crippen molar-refractivity contribution in [1.29, 1.82) is 0 Å². The predicted octanol–water partition coefficient (Wildman–Crippen LogP) is 0.0265. The molecule has 1 aromatic rings. The lowest BCUT2D eigenvalue weighted by molar-refractivity contribution is 0.0691. The molecular weight excluding hydrogens is 198 g/mol. The molecule has 1 heterocycles. The van der Waals surface area contributed by atoms with Crippen LogP contribution in [0.4, 0.5) is 0 Å². The summed E-state index contributed by atoms with van der Waals surface area (Å²) in [6.07, 6.45) is 1.08. The minimum Gasteiger partial charge on any atom is -0.478 e. The molecule has 0 aliphatic carbocycles. The first kappa shape index (κ1) is 9.62. The average molecular weight is 203 g/mol. The van der Waals surface area contributed by atoms with Crippen LogP contribution in [0, 0.1) is 0 Å². The van der Waals surface area contributed by atoms with Gasteiger partial charge in [-0.15, -0.1) is 0 Å². The normalized spacial score (nSPS) is 11.2. The molecule has 0 bridgehead atoms. The Hall–Kier alpha value is -1.47. The van der Waals surface area contributed by atoms with Gasteiger partial charge in [0.05, 0.1) is 5.56 Å². The molecule has 1 rings (SSSR count). The van der Waals surface area contributed by atoms with E-state index in [-0.39, 0.29) is 0 Å². The summed E-state index contributed by atoms with van der Waals surface area (Å²) in [4.78, 5) is 13.7. The number of hydrogen-bond acceptors (Lipinski definition) is 4. The molecule has 0 saturated carbocycles. The van der Waals surface area contributed by atoms with Crippen molar-refractivity contribution >= 4 is 16.1 Å². The molecule has 0 amide bonds. The minimum absolute atomic E-state index is 0.551. The van der Waals surface area contributed by atoms with Gasteiger partial charge in [-0.3, -0.25) is 4.55 Å². The lowest BCUT2D eigenvalue weighted by atomic mass is 10.3. The van der Waals surface area contributed by atoms with Gasteiger partial charge in [-0.1, -0.05) is 0 Å². The molecule has 70 valence electrons.